The van der Waals surface area contributed by atoms with E-state index in [0.29, 0.717) is 0 Å². The summed E-state index contributed by atoms with van der Waals surface area (Å²) in [7, 11) is 2.14. The van der Waals surface area contributed by atoms with Crippen molar-refractivity contribution in [3.8, 4) is 0 Å². The zero-order chi connectivity index (χ0) is 12.9. The molecule has 1 saturated carbocycles. The smallest absolute Gasteiger partial charge is 0.0402 e. The van der Waals surface area contributed by atoms with Gasteiger partial charge in [0, 0.05) is 12.6 Å². The summed E-state index contributed by atoms with van der Waals surface area (Å²) in [6.07, 6.45) is 12.9. The van der Waals surface area contributed by atoms with Gasteiger partial charge in [-0.3, -0.25) is 0 Å². The normalized spacial score (nSPS) is 25.4. The van der Waals surface area contributed by atoms with Gasteiger partial charge in [0.1, 0.15) is 0 Å². The van der Waals surface area contributed by atoms with Gasteiger partial charge in [0.15, 0.2) is 0 Å². The lowest BCUT2D eigenvalue weighted by molar-refractivity contribution is 0.276. The summed E-state index contributed by atoms with van der Waals surface area (Å²) < 4.78 is 0. The lowest BCUT2D eigenvalue weighted by Gasteiger charge is -2.29. The molecule has 2 nitrogen and oxygen atoms in total. The number of unbranched alkanes of at least 4 members (excludes halogenated alkanes) is 1. The van der Waals surface area contributed by atoms with Gasteiger partial charge in [-0.25, -0.2) is 0 Å². The second-order valence-corrected chi connectivity index (χ2v) is 5.11. The minimum Gasteiger partial charge on any atom is -0.397 e. The van der Waals surface area contributed by atoms with Crippen LogP contribution in [0.4, 0.5) is 0 Å². The summed E-state index contributed by atoms with van der Waals surface area (Å²) in [4.78, 5) is 0. The van der Waals surface area contributed by atoms with Crippen LogP contribution in [0.15, 0.2) is 0 Å². The third kappa shape index (κ3) is 8.62. The highest BCUT2D eigenvalue weighted by molar-refractivity contribution is 4.77. The third-order valence-corrected chi connectivity index (χ3v) is 3.71. The van der Waals surface area contributed by atoms with Crippen LogP contribution in [0.2, 0.25) is 0 Å². The summed E-state index contributed by atoms with van der Waals surface area (Å²) in [5.41, 5.74) is 0. The van der Waals surface area contributed by atoms with Gasteiger partial charge in [-0.2, -0.15) is 0 Å². The summed E-state index contributed by atoms with van der Waals surface area (Å²) in [6.45, 7) is 4.23. The Morgan fingerprint density at radius 3 is 2.18 bits per heavy atom. The van der Waals surface area contributed by atoms with E-state index >= 15 is 0 Å². The monoisotopic (exact) mass is 243 g/mol. The SMILES string of the molecule is CCCCC1CCCCCCC1NC.CCO. The Kier molecular flexibility index (Phi) is 12.3. The number of hydrogen-bond donors (Lipinski definition) is 2. The van der Waals surface area contributed by atoms with Crippen molar-refractivity contribution in [2.24, 2.45) is 5.92 Å². The minimum atomic E-state index is 0.250. The van der Waals surface area contributed by atoms with Gasteiger partial charge in [0.25, 0.3) is 0 Å². The predicted molar refractivity (Wildman–Crippen MR) is 76.3 cm³/mol. The molecule has 0 heterocycles. The van der Waals surface area contributed by atoms with E-state index in [0.717, 1.165) is 12.0 Å². The first-order valence-electron chi connectivity index (χ1n) is 7.58. The van der Waals surface area contributed by atoms with Crippen LogP contribution in [0.3, 0.4) is 0 Å². The molecule has 104 valence electrons. The summed E-state index contributed by atoms with van der Waals surface area (Å²) in [5, 5.41) is 11.1. The molecule has 17 heavy (non-hydrogen) atoms. The number of nitrogens with one attached hydrogen (secondary N) is 1. The number of aliphatic hydroxyl groups is 1. The molecule has 0 aromatic heterocycles. The van der Waals surface area contributed by atoms with Crippen molar-refractivity contribution in [3.05, 3.63) is 0 Å². The van der Waals surface area contributed by atoms with Gasteiger partial charge in [0.05, 0.1) is 0 Å². The maximum atomic E-state index is 7.57. The van der Waals surface area contributed by atoms with Crippen LogP contribution >= 0.6 is 0 Å². The van der Waals surface area contributed by atoms with E-state index in [1.807, 2.05) is 0 Å². The molecule has 2 unspecified atom stereocenters. The lowest BCUT2D eigenvalue weighted by Crippen LogP contribution is -2.34. The lowest BCUT2D eigenvalue weighted by atomic mass is 9.84. The molecule has 0 bridgehead atoms. The van der Waals surface area contributed by atoms with Crippen LogP contribution in [0.25, 0.3) is 0 Å². The van der Waals surface area contributed by atoms with Crippen LogP contribution in [-0.2, 0) is 0 Å². The number of rotatable bonds is 4. The molecule has 1 aliphatic rings. The molecule has 0 saturated heterocycles. The fourth-order valence-electron chi connectivity index (χ4n) is 2.75. The molecule has 0 amide bonds. The molecule has 1 aliphatic carbocycles. The maximum Gasteiger partial charge on any atom is 0.0402 e. The molecule has 0 aromatic rings. The van der Waals surface area contributed by atoms with Crippen LogP contribution in [0.1, 0.15) is 71.6 Å². The van der Waals surface area contributed by atoms with Crippen LogP contribution in [0, 0.1) is 5.92 Å². The minimum absolute atomic E-state index is 0.250. The highest BCUT2D eigenvalue weighted by atomic mass is 16.2. The number of aliphatic hydroxyl groups excluding tert-OH is 1. The first-order valence-corrected chi connectivity index (χ1v) is 7.58. The van der Waals surface area contributed by atoms with E-state index in [4.69, 9.17) is 5.11 Å². The Morgan fingerprint density at radius 1 is 1.06 bits per heavy atom. The largest absolute Gasteiger partial charge is 0.397 e. The fraction of sp³-hybridized carbons (Fsp3) is 1.00. The molecule has 0 spiro atoms. The standard InChI is InChI=1S/C13H27N.C2H6O/c1-3-4-9-12-10-7-5-6-8-11-13(12)14-2;1-2-3/h12-14H,3-11H2,1-2H3;3H,2H2,1H3. The average molecular weight is 243 g/mol. The highest BCUT2D eigenvalue weighted by Crippen LogP contribution is 2.26. The van der Waals surface area contributed by atoms with Gasteiger partial charge in [-0.1, -0.05) is 45.4 Å². The zero-order valence-corrected chi connectivity index (χ0v) is 12.2. The van der Waals surface area contributed by atoms with Crippen molar-refractivity contribution in [2.75, 3.05) is 13.7 Å². The first-order chi connectivity index (χ1) is 8.29. The van der Waals surface area contributed by atoms with Gasteiger partial charge in [-0.05, 0) is 39.2 Å². The molecule has 2 N–H and O–H groups in total. The van der Waals surface area contributed by atoms with Gasteiger partial charge in [-0.15, -0.1) is 0 Å². The quantitative estimate of drug-likeness (QED) is 0.788. The molecule has 1 rings (SSSR count). The van der Waals surface area contributed by atoms with Crippen molar-refractivity contribution in [3.63, 3.8) is 0 Å². The average Bonchev–Trinajstić information content (AvgIpc) is 2.29. The topological polar surface area (TPSA) is 32.3 Å². The van der Waals surface area contributed by atoms with Crippen molar-refractivity contribution >= 4 is 0 Å². The second kappa shape index (κ2) is 12.4. The molecular formula is C15H33NO. The second-order valence-electron chi connectivity index (χ2n) is 5.11. The molecule has 1 fully saturated rings. The Morgan fingerprint density at radius 2 is 1.65 bits per heavy atom. The Balaban J connectivity index is 0.000000770. The van der Waals surface area contributed by atoms with Crippen LogP contribution in [-0.4, -0.2) is 24.8 Å². The number of hydrogen-bond acceptors (Lipinski definition) is 2. The fourth-order valence-corrected chi connectivity index (χ4v) is 2.75. The molecule has 2 heteroatoms. The Bertz CT molecular complexity index is 148. The summed E-state index contributed by atoms with van der Waals surface area (Å²) >= 11 is 0. The van der Waals surface area contributed by atoms with Gasteiger partial charge in [0.2, 0.25) is 0 Å². The van der Waals surface area contributed by atoms with E-state index in [1.165, 1.54) is 57.8 Å². The van der Waals surface area contributed by atoms with E-state index in [2.05, 4.69) is 19.3 Å². The van der Waals surface area contributed by atoms with Crippen molar-refractivity contribution < 1.29 is 5.11 Å². The molecule has 0 aromatic carbocycles. The van der Waals surface area contributed by atoms with Crippen LogP contribution < -0.4 is 5.32 Å². The van der Waals surface area contributed by atoms with Gasteiger partial charge >= 0.3 is 0 Å². The summed E-state index contributed by atoms with van der Waals surface area (Å²) in [6, 6.07) is 0.807. The van der Waals surface area contributed by atoms with Crippen molar-refractivity contribution in [2.45, 2.75) is 77.7 Å². The molecule has 0 aliphatic heterocycles. The van der Waals surface area contributed by atoms with Crippen LogP contribution in [0.5, 0.6) is 0 Å². The highest BCUT2D eigenvalue weighted by Gasteiger charge is 2.20. The Labute approximate surface area is 108 Å². The van der Waals surface area contributed by atoms with E-state index in [1.54, 1.807) is 6.92 Å². The predicted octanol–water partition coefficient (Wildman–Crippen LogP) is 3.73. The zero-order valence-electron chi connectivity index (χ0n) is 12.2. The van der Waals surface area contributed by atoms with E-state index in [-0.39, 0.29) is 6.61 Å². The molecule has 2 atom stereocenters. The molecule has 0 radical (unpaired) electrons. The maximum absolute atomic E-state index is 7.57. The third-order valence-electron chi connectivity index (χ3n) is 3.71. The van der Waals surface area contributed by atoms with Crippen molar-refractivity contribution in [1.29, 1.82) is 0 Å². The van der Waals surface area contributed by atoms with E-state index in [9.17, 15) is 0 Å². The first kappa shape index (κ1) is 16.9. The van der Waals surface area contributed by atoms with Crippen molar-refractivity contribution in [1.82, 2.24) is 5.32 Å². The Hall–Kier alpha value is -0.0800. The van der Waals surface area contributed by atoms with E-state index < -0.39 is 0 Å². The summed E-state index contributed by atoms with van der Waals surface area (Å²) in [5.74, 6) is 0.959. The molecular weight excluding hydrogens is 210 g/mol. The van der Waals surface area contributed by atoms with Gasteiger partial charge < -0.3 is 10.4 Å².